The Morgan fingerprint density at radius 1 is 1.38 bits per heavy atom. The highest BCUT2D eigenvalue weighted by molar-refractivity contribution is 5.49. The van der Waals surface area contributed by atoms with E-state index in [-0.39, 0.29) is 6.10 Å². The van der Waals surface area contributed by atoms with E-state index in [9.17, 15) is 5.11 Å². The minimum absolute atomic E-state index is 0.301. The molecule has 1 aliphatic heterocycles. The summed E-state index contributed by atoms with van der Waals surface area (Å²) in [5.74, 6) is 0.859. The molecule has 1 saturated heterocycles. The number of aliphatic hydroxyl groups is 1. The van der Waals surface area contributed by atoms with Gasteiger partial charge in [0.2, 0.25) is 0 Å². The zero-order valence-electron chi connectivity index (χ0n) is 9.52. The van der Waals surface area contributed by atoms with Crippen molar-refractivity contribution in [1.82, 2.24) is 5.32 Å². The topological polar surface area (TPSA) is 44.7 Å². The van der Waals surface area contributed by atoms with Crippen LogP contribution in [0.3, 0.4) is 0 Å². The monoisotopic (exact) mass is 222 g/mol. The molecular formula is C12H18N2O2. The normalized spacial score (nSPS) is 21.6. The van der Waals surface area contributed by atoms with E-state index in [0.717, 1.165) is 24.5 Å². The fraction of sp³-hybridized carbons (Fsp3) is 0.500. The summed E-state index contributed by atoms with van der Waals surface area (Å²) in [5.41, 5.74) is 1.13. The van der Waals surface area contributed by atoms with Crippen LogP contribution < -0.4 is 15.0 Å². The molecule has 0 bridgehead atoms. The molecule has 1 fully saturated rings. The first kappa shape index (κ1) is 11.2. The summed E-state index contributed by atoms with van der Waals surface area (Å²) in [6, 6.07) is 7.94. The summed E-state index contributed by atoms with van der Waals surface area (Å²) in [6.45, 7) is 3.18. The highest BCUT2D eigenvalue weighted by Gasteiger charge is 2.15. The molecule has 88 valence electrons. The molecule has 1 atom stereocenters. The molecule has 0 saturated carbocycles. The van der Waals surface area contributed by atoms with Crippen LogP contribution in [-0.4, -0.2) is 44.5 Å². The van der Waals surface area contributed by atoms with Gasteiger partial charge < -0.3 is 20.1 Å². The summed E-state index contributed by atoms with van der Waals surface area (Å²) in [6.07, 6.45) is -0.301. The Bertz CT molecular complexity index is 326. The summed E-state index contributed by atoms with van der Waals surface area (Å²) < 4.78 is 5.12. The summed E-state index contributed by atoms with van der Waals surface area (Å²) >= 11 is 0. The van der Waals surface area contributed by atoms with Gasteiger partial charge in [0.25, 0.3) is 0 Å². The number of aliphatic hydroxyl groups excluding tert-OH is 1. The first-order valence-corrected chi connectivity index (χ1v) is 5.57. The predicted octanol–water partition coefficient (Wildman–Crippen LogP) is 0.466. The maximum absolute atomic E-state index is 9.69. The number of nitrogens with zero attached hydrogens (tertiary/aromatic N) is 1. The minimum atomic E-state index is -0.301. The lowest BCUT2D eigenvalue weighted by Gasteiger charge is -2.24. The first-order valence-electron chi connectivity index (χ1n) is 5.57. The lowest BCUT2D eigenvalue weighted by molar-refractivity contribution is 0.185. The highest BCUT2D eigenvalue weighted by atomic mass is 16.5. The van der Waals surface area contributed by atoms with Crippen LogP contribution in [0, 0.1) is 0 Å². The van der Waals surface area contributed by atoms with Crippen LogP contribution in [0.25, 0.3) is 0 Å². The molecule has 0 aliphatic carbocycles. The molecule has 1 unspecified atom stereocenters. The van der Waals surface area contributed by atoms with E-state index in [4.69, 9.17) is 4.74 Å². The smallest absolute Gasteiger partial charge is 0.119 e. The molecule has 4 nitrogen and oxygen atoms in total. The van der Waals surface area contributed by atoms with Crippen molar-refractivity contribution in [2.24, 2.45) is 0 Å². The molecule has 1 aromatic carbocycles. The first-order chi connectivity index (χ1) is 7.79. The van der Waals surface area contributed by atoms with Gasteiger partial charge in [-0.25, -0.2) is 0 Å². The summed E-state index contributed by atoms with van der Waals surface area (Å²) in [4.78, 5) is 2.18. The number of methoxy groups -OCH3 is 1. The van der Waals surface area contributed by atoms with Gasteiger partial charge in [0.05, 0.1) is 13.2 Å². The van der Waals surface area contributed by atoms with Gasteiger partial charge >= 0.3 is 0 Å². The van der Waals surface area contributed by atoms with Crippen molar-refractivity contribution < 1.29 is 9.84 Å². The lowest BCUT2D eigenvalue weighted by atomic mass is 10.2. The molecule has 0 spiro atoms. The predicted molar refractivity (Wildman–Crippen MR) is 64.1 cm³/mol. The van der Waals surface area contributed by atoms with Crippen molar-refractivity contribution >= 4 is 5.69 Å². The number of hydrogen-bond acceptors (Lipinski definition) is 4. The molecule has 0 aromatic heterocycles. The van der Waals surface area contributed by atoms with Gasteiger partial charge in [-0.3, -0.25) is 0 Å². The number of nitrogens with one attached hydrogen (secondary N) is 1. The Balaban J connectivity index is 2.09. The summed E-state index contributed by atoms with van der Waals surface area (Å²) in [7, 11) is 1.66. The molecule has 1 heterocycles. The van der Waals surface area contributed by atoms with E-state index in [1.807, 2.05) is 24.3 Å². The van der Waals surface area contributed by atoms with E-state index < -0.39 is 0 Å². The second-order valence-corrected chi connectivity index (χ2v) is 4.00. The van der Waals surface area contributed by atoms with Gasteiger partial charge in [0.15, 0.2) is 0 Å². The Morgan fingerprint density at radius 2 is 2.12 bits per heavy atom. The van der Waals surface area contributed by atoms with Crippen LogP contribution in [0.4, 0.5) is 5.69 Å². The molecule has 2 N–H and O–H groups in total. The molecule has 0 radical (unpaired) electrons. The molecule has 0 amide bonds. The highest BCUT2D eigenvalue weighted by Crippen LogP contribution is 2.19. The standard InChI is InChI=1S/C12H18N2O2/c1-16-12-4-2-10(3-5-12)14-7-6-13-8-11(15)9-14/h2-5,11,13,15H,6-9H2,1H3. The molecule has 16 heavy (non-hydrogen) atoms. The van der Waals surface area contributed by atoms with E-state index >= 15 is 0 Å². The van der Waals surface area contributed by atoms with E-state index in [0.29, 0.717) is 13.1 Å². The second-order valence-electron chi connectivity index (χ2n) is 4.00. The fourth-order valence-electron chi connectivity index (χ4n) is 1.92. The molecular weight excluding hydrogens is 204 g/mol. The summed E-state index contributed by atoms with van der Waals surface area (Å²) in [5, 5.41) is 12.9. The van der Waals surface area contributed by atoms with Gasteiger partial charge in [0, 0.05) is 31.9 Å². The lowest BCUT2D eigenvalue weighted by Crippen LogP contribution is -2.32. The average Bonchev–Trinajstić information content (AvgIpc) is 2.54. The number of anilines is 1. The number of ether oxygens (including phenoxy) is 1. The van der Waals surface area contributed by atoms with Gasteiger partial charge in [-0.1, -0.05) is 0 Å². The Labute approximate surface area is 95.8 Å². The van der Waals surface area contributed by atoms with Crippen molar-refractivity contribution in [2.75, 3.05) is 38.2 Å². The average molecular weight is 222 g/mol. The quantitative estimate of drug-likeness (QED) is 0.763. The Hall–Kier alpha value is -1.26. The third-order valence-corrected chi connectivity index (χ3v) is 2.81. The molecule has 4 heteroatoms. The van der Waals surface area contributed by atoms with Crippen molar-refractivity contribution in [2.45, 2.75) is 6.10 Å². The van der Waals surface area contributed by atoms with Gasteiger partial charge in [-0.15, -0.1) is 0 Å². The van der Waals surface area contributed by atoms with Crippen LogP contribution in [-0.2, 0) is 0 Å². The van der Waals surface area contributed by atoms with E-state index in [1.165, 1.54) is 0 Å². The van der Waals surface area contributed by atoms with Gasteiger partial charge in [0.1, 0.15) is 5.75 Å². The third-order valence-electron chi connectivity index (χ3n) is 2.81. The van der Waals surface area contributed by atoms with Crippen LogP contribution in [0.15, 0.2) is 24.3 Å². The maximum atomic E-state index is 9.69. The molecule has 2 rings (SSSR count). The van der Waals surface area contributed by atoms with Crippen molar-refractivity contribution in [3.05, 3.63) is 24.3 Å². The molecule has 1 aromatic rings. The zero-order chi connectivity index (χ0) is 11.4. The maximum Gasteiger partial charge on any atom is 0.119 e. The second kappa shape index (κ2) is 5.18. The van der Waals surface area contributed by atoms with Gasteiger partial charge in [-0.05, 0) is 24.3 Å². The Kier molecular flexibility index (Phi) is 3.64. The largest absolute Gasteiger partial charge is 0.497 e. The number of hydrogen-bond donors (Lipinski definition) is 2. The minimum Gasteiger partial charge on any atom is -0.497 e. The third kappa shape index (κ3) is 2.65. The van der Waals surface area contributed by atoms with E-state index in [1.54, 1.807) is 7.11 Å². The van der Waals surface area contributed by atoms with Crippen LogP contribution in [0.2, 0.25) is 0 Å². The van der Waals surface area contributed by atoms with E-state index in [2.05, 4.69) is 10.2 Å². The number of benzene rings is 1. The van der Waals surface area contributed by atoms with Crippen molar-refractivity contribution in [3.63, 3.8) is 0 Å². The van der Waals surface area contributed by atoms with Crippen molar-refractivity contribution in [1.29, 1.82) is 0 Å². The fourth-order valence-corrected chi connectivity index (χ4v) is 1.92. The van der Waals surface area contributed by atoms with Crippen molar-refractivity contribution in [3.8, 4) is 5.75 Å². The zero-order valence-corrected chi connectivity index (χ0v) is 9.52. The van der Waals surface area contributed by atoms with Gasteiger partial charge in [-0.2, -0.15) is 0 Å². The van der Waals surface area contributed by atoms with Crippen LogP contribution >= 0.6 is 0 Å². The SMILES string of the molecule is COc1ccc(N2CCNCC(O)C2)cc1. The number of β-amino-alcohol motifs (C(OH)–C–C–N with tert-alkyl or cyclic N) is 1. The molecule has 1 aliphatic rings. The van der Waals surface area contributed by atoms with Crippen LogP contribution in [0.1, 0.15) is 0 Å². The number of rotatable bonds is 2. The Morgan fingerprint density at radius 3 is 2.81 bits per heavy atom. The van der Waals surface area contributed by atoms with Crippen LogP contribution in [0.5, 0.6) is 5.75 Å².